The molecular formula is C8H12O2. The van der Waals surface area contributed by atoms with Gasteiger partial charge in [0, 0.05) is 0 Å². The van der Waals surface area contributed by atoms with E-state index in [1.54, 1.807) is 25.2 Å². The molecule has 0 radical (unpaired) electrons. The van der Waals surface area contributed by atoms with Crippen LogP contribution in [-0.2, 0) is 4.79 Å². The lowest BCUT2D eigenvalue weighted by Crippen LogP contribution is -2.05. The highest BCUT2D eigenvalue weighted by Gasteiger charge is 2.03. The molecule has 0 rings (SSSR count). The van der Waals surface area contributed by atoms with Gasteiger partial charge in [0.2, 0.25) is 0 Å². The van der Waals surface area contributed by atoms with Gasteiger partial charge in [0.05, 0.1) is 5.92 Å². The molecule has 56 valence electrons. The number of hydrogen-bond acceptors (Lipinski definition) is 1. The van der Waals surface area contributed by atoms with Gasteiger partial charge < -0.3 is 5.11 Å². The molecule has 0 fully saturated rings. The van der Waals surface area contributed by atoms with E-state index in [4.69, 9.17) is 5.11 Å². The summed E-state index contributed by atoms with van der Waals surface area (Å²) < 4.78 is 0. The second-order valence-electron chi connectivity index (χ2n) is 2.08. The SMILES string of the molecule is C=CC/C=C/C(C)C(=O)O. The number of rotatable bonds is 4. The van der Waals surface area contributed by atoms with Crippen LogP contribution in [-0.4, -0.2) is 11.1 Å². The number of aliphatic carboxylic acids is 1. The zero-order valence-corrected chi connectivity index (χ0v) is 6.08. The minimum atomic E-state index is -0.791. The van der Waals surface area contributed by atoms with Crippen molar-refractivity contribution in [2.75, 3.05) is 0 Å². The van der Waals surface area contributed by atoms with Crippen molar-refractivity contribution in [3.05, 3.63) is 24.8 Å². The summed E-state index contributed by atoms with van der Waals surface area (Å²) in [5, 5.41) is 8.40. The fraction of sp³-hybridized carbons (Fsp3) is 0.375. The summed E-state index contributed by atoms with van der Waals surface area (Å²) in [5.74, 6) is -1.18. The Morgan fingerprint density at radius 3 is 2.80 bits per heavy atom. The van der Waals surface area contributed by atoms with E-state index in [1.165, 1.54) is 0 Å². The molecule has 0 bridgehead atoms. The van der Waals surface area contributed by atoms with Crippen LogP contribution in [0.2, 0.25) is 0 Å². The lowest BCUT2D eigenvalue weighted by Gasteiger charge is -1.94. The monoisotopic (exact) mass is 140 g/mol. The van der Waals surface area contributed by atoms with Gasteiger partial charge in [-0.15, -0.1) is 6.58 Å². The lowest BCUT2D eigenvalue weighted by atomic mass is 10.1. The number of hydrogen-bond donors (Lipinski definition) is 1. The van der Waals surface area contributed by atoms with E-state index >= 15 is 0 Å². The summed E-state index contributed by atoms with van der Waals surface area (Å²) in [6.45, 7) is 5.14. The van der Waals surface area contributed by atoms with Crippen molar-refractivity contribution in [3.8, 4) is 0 Å². The molecule has 1 unspecified atom stereocenters. The van der Waals surface area contributed by atoms with Crippen LogP contribution in [0.4, 0.5) is 0 Å². The lowest BCUT2D eigenvalue weighted by molar-refractivity contribution is -0.139. The van der Waals surface area contributed by atoms with Crippen molar-refractivity contribution in [1.82, 2.24) is 0 Å². The largest absolute Gasteiger partial charge is 0.481 e. The van der Waals surface area contributed by atoms with Gasteiger partial charge in [0.1, 0.15) is 0 Å². The molecule has 2 heteroatoms. The van der Waals surface area contributed by atoms with Crippen molar-refractivity contribution in [1.29, 1.82) is 0 Å². The molecule has 1 atom stereocenters. The maximum atomic E-state index is 10.2. The molecule has 0 aliphatic heterocycles. The molecule has 0 aromatic rings. The first-order chi connectivity index (χ1) is 4.68. The van der Waals surface area contributed by atoms with E-state index in [0.29, 0.717) is 0 Å². The molecular weight excluding hydrogens is 128 g/mol. The molecule has 2 nitrogen and oxygen atoms in total. The summed E-state index contributed by atoms with van der Waals surface area (Å²) in [5.41, 5.74) is 0. The Bertz CT molecular complexity index is 147. The number of carbonyl (C=O) groups is 1. The van der Waals surface area contributed by atoms with E-state index in [2.05, 4.69) is 6.58 Å². The van der Waals surface area contributed by atoms with Gasteiger partial charge in [-0.2, -0.15) is 0 Å². The zero-order valence-electron chi connectivity index (χ0n) is 6.08. The van der Waals surface area contributed by atoms with E-state index in [0.717, 1.165) is 6.42 Å². The minimum absolute atomic E-state index is 0.389. The van der Waals surface area contributed by atoms with Crippen molar-refractivity contribution >= 4 is 5.97 Å². The predicted molar refractivity (Wildman–Crippen MR) is 40.8 cm³/mol. The summed E-state index contributed by atoms with van der Waals surface area (Å²) in [7, 11) is 0. The Hall–Kier alpha value is -1.05. The summed E-state index contributed by atoms with van der Waals surface area (Å²) >= 11 is 0. The van der Waals surface area contributed by atoms with Crippen LogP contribution in [0, 0.1) is 5.92 Å². The fourth-order valence-corrected chi connectivity index (χ4v) is 0.461. The molecule has 0 amide bonds. The molecule has 0 aromatic heterocycles. The van der Waals surface area contributed by atoms with Crippen LogP contribution < -0.4 is 0 Å². The van der Waals surface area contributed by atoms with Crippen LogP contribution >= 0.6 is 0 Å². The van der Waals surface area contributed by atoms with Crippen molar-refractivity contribution in [3.63, 3.8) is 0 Å². The quantitative estimate of drug-likeness (QED) is 0.605. The minimum Gasteiger partial charge on any atom is -0.481 e. The third kappa shape index (κ3) is 3.89. The van der Waals surface area contributed by atoms with Crippen LogP contribution in [0.1, 0.15) is 13.3 Å². The number of carboxylic acid groups (broad SMARTS) is 1. The average Bonchev–Trinajstić information content (AvgIpc) is 1.88. The third-order valence-corrected chi connectivity index (χ3v) is 1.12. The highest BCUT2D eigenvalue weighted by molar-refractivity contribution is 5.71. The van der Waals surface area contributed by atoms with Crippen LogP contribution in [0.25, 0.3) is 0 Å². The normalized spacial score (nSPS) is 13.3. The highest BCUT2D eigenvalue weighted by Crippen LogP contribution is 1.97. The summed E-state index contributed by atoms with van der Waals surface area (Å²) in [4.78, 5) is 10.2. The fourth-order valence-electron chi connectivity index (χ4n) is 0.461. The standard InChI is InChI=1S/C8H12O2/c1-3-4-5-6-7(2)8(9)10/h3,5-7H,1,4H2,2H3,(H,9,10)/b6-5+. The molecule has 0 saturated heterocycles. The molecule has 0 aliphatic rings. The van der Waals surface area contributed by atoms with Crippen LogP contribution in [0.15, 0.2) is 24.8 Å². The van der Waals surface area contributed by atoms with Gasteiger partial charge >= 0.3 is 5.97 Å². The van der Waals surface area contributed by atoms with Crippen molar-refractivity contribution in [2.45, 2.75) is 13.3 Å². The van der Waals surface area contributed by atoms with Crippen molar-refractivity contribution < 1.29 is 9.90 Å². The predicted octanol–water partition coefficient (Wildman–Crippen LogP) is 1.84. The van der Waals surface area contributed by atoms with Crippen LogP contribution in [0.3, 0.4) is 0 Å². The van der Waals surface area contributed by atoms with Gasteiger partial charge in [0.15, 0.2) is 0 Å². The zero-order chi connectivity index (χ0) is 7.98. The van der Waals surface area contributed by atoms with Gasteiger partial charge in [-0.25, -0.2) is 0 Å². The molecule has 0 aromatic carbocycles. The maximum absolute atomic E-state index is 10.2. The Morgan fingerprint density at radius 2 is 2.40 bits per heavy atom. The summed E-state index contributed by atoms with van der Waals surface area (Å²) in [6, 6.07) is 0. The first kappa shape index (κ1) is 8.95. The van der Waals surface area contributed by atoms with E-state index < -0.39 is 5.97 Å². The molecule has 10 heavy (non-hydrogen) atoms. The molecule has 0 saturated carbocycles. The second kappa shape index (κ2) is 4.79. The van der Waals surface area contributed by atoms with Gasteiger partial charge in [0.25, 0.3) is 0 Å². The van der Waals surface area contributed by atoms with Gasteiger partial charge in [-0.1, -0.05) is 18.2 Å². The number of carboxylic acids is 1. The first-order valence-electron chi connectivity index (χ1n) is 3.19. The van der Waals surface area contributed by atoms with E-state index in [9.17, 15) is 4.79 Å². The van der Waals surface area contributed by atoms with E-state index in [1.807, 2.05) is 0 Å². The average molecular weight is 140 g/mol. The van der Waals surface area contributed by atoms with E-state index in [-0.39, 0.29) is 5.92 Å². The number of allylic oxidation sites excluding steroid dienone is 2. The van der Waals surface area contributed by atoms with Crippen molar-refractivity contribution in [2.24, 2.45) is 5.92 Å². The smallest absolute Gasteiger partial charge is 0.310 e. The molecule has 0 aliphatic carbocycles. The molecule has 0 heterocycles. The van der Waals surface area contributed by atoms with Gasteiger partial charge in [-0.3, -0.25) is 4.79 Å². The first-order valence-corrected chi connectivity index (χ1v) is 3.19. The topological polar surface area (TPSA) is 37.3 Å². The van der Waals surface area contributed by atoms with Crippen LogP contribution in [0.5, 0.6) is 0 Å². The highest BCUT2D eigenvalue weighted by atomic mass is 16.4. The third-order valence-electron chi connectivity index (χ3n) is 1.12. The van der Waals surface area contributed by atoms with Gasteiger partial charge in [-0.05, 0) is 13.3 Å². The Labute approximate surface area is 60.9 Å². The Kier molecular flexibility index (Phi) is 4.29. The Balaban J connectivity index is 3.65. The molecule has 1 N–H and O–H groups in total. The molecule has 0 spiro atoms. The maximum Gasteiger partial charge on any atom is 0.310 e. The summed E-state index contributed by atoms with van der Waals surface area (Å²) in [6.07, 6.45) is 5.92. The Morgan fingerprint density at radius 1 is 1.80 bits per heavy atom. The second-order valence-corrected chi connectivity index (χ2v) is 2.08.